The molecule has 2 N–H and O–H groups in total. The molecule has 0 aromatic heterocycles. The Morgan fingerprint density at radius 2 is 2.05 bits per heavy atom. The van der Waals surface area contributed by atoms with Gasteiger partial charge in [-0.3, -0.25) is 9.69 Å². The minimum atomic E-state index is -0.258. The molecular formula is C14H20N2O3. The van der Waals surface area contributed by atoms with Crippen molar-refractivity contribution in [1.82, 2.24) is 9.80 Å². The molecular weight excluding hydrogens is 244 g/mol. The van der Waals surface area contributed by atoms with E-state index in [-0.39, 0.29) is 17.4 Å². The highest BCUT2D eigenvalue weighted by molar-refractivity contribution is 5.95. The van der Waals surface area contributed by atoms with Crippen molar-refractivity contribution in [3.05, 3.63) is 23.8 Å². The van der Waals surface area contributed by atoms with Crippen molar-refractivity contribution in [3.8, 4) is 11.5 Å². The third kappa shape index (κ3) is 2.81. The third-order valence-corrected chi connectivity index (χ3v) is 3.68. The summed E-state index contributed by atoms with van der Waals surface area (Å²) in [6.07, 6.45) is 0. The fourth-order valence-electron chi connectivity index (χ4n) is 2.49. The fraction of sp³-hybridized carbons (Fsp3) is 0.500. The first-order valence-corrected chi connectivity index (χ1v) is 6.58. The summed E-state index contributed by atoms with van der Waals surface area (Å²) in [7, 11) is 0. The predicted octanol–water partition coefficient (Wildman–Crippen LogP) is 1.26. The normalized spacial score (nSPS) is 20.5. The summed E-state index contributed by atoms with van der Waals surface area (Å²) >= 11 is 0. The van der Waals surface area contributed by atoms with Gasteiger partial charge in [0.2, 0.25) is 0 Å². The lowest BCUT2D eigenvalue weighted by molar-refractivity contribution is 0.0528. The Balaban J connectivity index is 2.10. The number of piperazine rings is 1. The molecule has 5 heteroatoms. The second-order valence-corrected chi connectivity index (χ2v) is 4.93. The zero-order valence-electron chi connectivity index (χ0n) is 11.3. The molecule has 0 spiro atoms. The average molecular weight is 264 g/mol. The Hall–Kier alpha value is -1.75. The van der Waals surface area contributed by atoms with E-state index in [9.17, 15) is 15.0 Å². The van der Waals surface area contributed by atoms with E-state index in [2.05, 4.69) is 18.7 Å². The number of phenols is 2. The zero-order valence-corrected chi connectivity index (χ0v) is 11.3. The van der Waals surface area contributed by atoms with Gasteiger partial charge in [-0.15, -0.1) is 0 Å². The van der Waals surface area contributed by atoms with Gasteiger partial charge in [-0.05, 0) is 31.7 Å². The lowest BCUT2D eigenvalue weighted by atomic mass is 10.1. The van der Waals surface area contributed by atoms with Crippen LogP contribution in [0.2, 0.25) is 0 Å². The summed E-state index contributed by atoms with van der Waals surface area (Å²) in [5.74, 6) is -0.565. The number of carbonyl (C=O) groups excluding carboxylic acids is 1. The van der Waals surface area contributed by atoms with Crippen LogP contribution >= 0.6 is 0 Å². The molecule has 1 heterocycles. The van der Waals surface area contributed by atoms with Crippen LogP contribution in [-0.2, 0) is 0 Å². The highest BCUT2D eigenvalue weighted by Crippen LogP contribution is 2.25. The SMILES string of the molecule is CCN1CCN(C(=O)c2ccc(O)c(O)c2)CC1C. The van der Waals surface area contributed by atoms with Crippen LogP contribution in [0.15, 0.2) is 18.2 Å². The van der Waals surface area contributed by atoms with Gasteiger partial charge < -0.3 is 15.1 Å². The van der Waals surface area contributed by atoms with Gasteiger partial charge in [0, 0.05) is 31.2 Å². The van der Waals surface area contributed by atoms with E-state index in [1.54, 1.807) is 4.90 Å². The lowest BCUT2D eigenvalue weighted by Crippen LogP contribution is -2.53. The van der Waals surface area contributed by atoms with E-state index >= 15 is 0 Å². The number of benzene rings is 1. The first-order chi connectivity index (χ1) is 9.02. The van der Waals surface area contributed by atoms with E-state index in [4.69, 9.17) is 0 Å². The molecule has 1 amide bonds. The Labute approximate surface area is 113 Å². The quantitative estimate of drug-likeness (QED) is 0.789. The molecule has 1 unspecified atom stereocenters. The third-order valence-electron chi connectivity index (χ3n) is 3.68. The first-order valence-electron chi connectivity index (χ1n) is 6.58. The molecule has 1 aromatic rings. The van der Waals surface area contributed by atoms with Gasteiger partial charge in [-0.1, -0.05) is 6.92 Å². The summed E-state index contributed by atoms with van der Waals surface area (Å²) in [5, 5.41) is 18.7. The van der Waals surface area contributed by atoms with Crippen molar-refractivity contribution in [2.45, 2.75) is 19.9 Å². The number of nitrogens with zero attached hydrogens (tertiary/aromatic N) is 2. The molecule has 104 valence electrons. The Morgan fingerprint density at radius 3 is 2.63 bits per heavy atom. The summed E-state index contributed by atoms with van der Waals surface area (Å²) in [6, 6.07) is 4.53. The summed E-state index contributed by atoms with van der Waals surface area (Å²) < 4.78 is 0. The van der Waals surface area contributed by atoms with Crippen LogP contribution in [0.5, 0.6) is 11.5 Å². The largest absolute Gasteiger partial charge is 0.504 e. The monoisotopic (exact) mass is 264 g/mol. The maximum absolute atomic E-state index is 12.3. The molecule has 1 fully saturated rings. The summed E-state index contributed by atoms with van der Waals surface area (Å²) in [6.45, 7) is 7.47. The second-order valence-electron chi connectivity index (χ2n) is 4.93. The van der Waals surface area contributed by atoms with Crippen LogP contribution in [0.3, 0.4) is 0 Å². The Bertz CT molecular complexity index is 476. The molecule has 0 radical (unpaired) electrons. The van der Waals surface area contributed by atoms with Crippen LogP contribution in [0.1, 0.15) is 24.2 Å². The Morgan fingerprint density at radius 1 is 1.32 bits per heavy atom. The van der Waals surface area contributed by atoms with Crippen LogP contribution in [-0.4, -0.2) is 58.1 Å². The molecule has 2 rings (SSSR count). The van der Waals surface area contributed by atoms with E-state index in [1.165, 1.54) is 18.2 Å². The predicted molar refractivity (Wildman–Crippen MR) is 72.4 cm³/mol. The van der Waals surface area contributed by atoms with Crippen molar-refractivity contribution in [2.24, 2.45) is 0 Å². The van der Waals surface area contributed by atoms with E-state index in [1.807, 2.05) is 0 Å². The van der Waals surface area contributed by atoms with Crippen LogP contribution in [0.25, 0.3) is 0 Å². The number of rotatable bonds is 2. The van der Waals surface area contributed by atoms with Crippen molar-refractivity contribution in [1.29, 1.82) is 0 Å². The topological polar surface area (TPSA) is 64.0 Å². The number of carbonyl (C=O) groups is 1. The number of likely N-dealkylation sites (N-methyl/N-ethyl adjacent to an activating group) is 1. The number of phenolic OH excluding ortho intramolecular Hbond substituents is 2. The summed E-state index contributed by atoms with van der Waals surface area (Å²) in [4.78, 5) is 16.4. The highest BCUT2D eigenvalue weighted by atomic mass is 16.3. The molecule has 1 aliphatic rings. The van der Waals surface area contributed by atoms with Gasteiger partial charge in [0.1, 0.15) is 0 Å². The van der Waals surface area contributed by atoms with E-state index in [0.717, 1.165) is 13.1 Å². The lowest BCUT2D eigenvalue weighted by Gasteiger charge is -2.39. The van der Waals surface area contributed by atoms with Crippen molar-refractivity contribution < 1.29 is 15.0 Å². The summed E-state index contributed by atoms with van der Waals surface area (Å²) in [5.41, 5.74) is 0.410. The number of amides is 1. The van der Waals surface area contributed by atoms with E-state index in [0.29, 0.717) is 24.7 Å². The van der Waals surface area contributed by atoms with Gasteiger partial charge in [0.25, 0.3) is 5.91 Å². The number of hydrogen-bond donors (Lipinski definition) is 2. The molecule has 1 aliphatic heterocycles. The second kappa shape index (κ2) is 5.48. The smallest absolute Gasteiger partial charge is 0.254 e. The molecule has 0 aliphatic carbocycles. The molecule has 1 atom stereocenters. The van der Waals surface area contributed by atoms with E-state index < -0.39 is 0 Å². The standard InChI is InChI=1S/C14H20N2O3/c1-3-15-6-7-16(9-10(15)2)14(19)11-4-5-12(17)13(18)8-11/h4-5,8,10,17-18H,3,6-7,9H2,1-2H3. The fourth-order valence-corrected chi connectivity index (χ4v) is 2.49. The van der Waals surface area contributed by atoms with Crippen LogP contribution < -0.4 is 0 Å². The van der Waals surface area contributed by atoms with Crippen molar-refractivity contribution in [2.75, 3.05) is 26.2 Å². The molecule has 1 saturated heterocycles. The zero-order chi connectivity index (χ0) is 14.0. The van der Waals surface area contributed by atoms with Crippen molar-refractivity contribution >= 4 is 5.91 Å². The maximum atomic E-state index is 12.3. The molecule has 0 bridgehead atoms. The van der Waals surface area contributed by atoms with Gasteiger partial charge in [0.15, 0.2) is 11.5 Å². The van der Waals surface area contributed by atoms with Gasteiger partial charge >= 0.3 is 0 Å². The molecule has 0 saturated carbocycles. The van der Waals surface area contributed by atoms with Crippen LogP contribution in [0, 0.1) is 0 Å². The maximum Gasteiger partial charge on any atom is 0.254 e. The van der Waals surface area contributed by atoms with Gasteiger partial charge in [-0.2, -0.15) is 0 Å². The van der Waals surface area contributed by atoms with Gasteiger partial charge in [-0.25, -0.2) is 0 Å². The van der Waals surface area contributed by atoms with Crippen LogP contribution in [0.4, 0.5) is 0 Å². The number of hydrogen-bond acceptors (Lipinski definition) is 4. The van der Waals surface area contributed by atoms with Crippen molar-refractivity contribution in [3.63, 3.8) is 0 Å². The Kier molecular flexibility index (Phi) is 3.95. The molecule has 1 aromatic carbocycles. The number of aromatic hydroxyl groups is 2. The average Bonchev–Trinajstić information content (AvgIpc) is 2.41. The minimum Gasteiger partial charge on any atom is -0.504 e. The first kappa shape index (κ1) is 13.7. The molecule has 5 nitrogen and oxygen atoms in total. The van der Waals surface area contributed by atoms with Gasteiger partial charge in [0.05, 0.1) is 0 Å². The molecule has 19 heavy (non-hydrogen) atoms. The highest BCUT2D eigenvalue weighted by Gasteiger charge is 2.26. The minimum absolute atomic E-state index is 0.0992.